The van der Waals surface area contributed by atoms with Gasteiger partial charge in [-0.15, -0.1) is 10.2 Å². The summed E-state index contributed by atoms with van der Waals surface area (Å²) in [5.41, 5.74) is 0.314. The van der Waals surface area contributed by atoms with Crippen LogP contribution in [0.4, 0.5) is 5.13 Å². The van der Waals surface area contributed by atoms with Crippen molar-refractivity contribution in [2.75, 3.05) is 11.1 Å². The van der Waals surface area contributed by atoms with Crippen LogP contribution in [0, 0.1) is 0 Å². The molecule has 2 aromatic heterocycles. The number of hydrogen-bond donors (Lipinski definition) is 1. The molecule has 0 bridgehead atoms. The average Bonchev–Trinajstić information content (AvgIpc) is 2.80. The van der Waals surface area contributed by atoms with Crippen LogP contribution in [-0.4, -0.2) is 26.8 Å². The van der Waals surface area contributed by atoms with Gasteiger partial charge in [-0.25, -0.2) is 4.98 Å². The minimum absolute atomic E-state index is 0.163. The van der Waals surface area contributed by atoms with Crippen LogP contribution in [-0.2, 0) is 0 Å². The number of carbonyl (C=O) groups is 1. The van der Waals surface area contributed by atoms with Crippen molar-refractivity contribution in [1.82, 2.24) is 15.2 Å². The maximum Gasteiger partial charge on any atom is 0.259 e. The summed E-state index contributed by atoms with van der Waals surface area (Å²) in [6.45, 7) is 2.02. The largest absolute Gasteiger partial charge is 0.296 e. The molecule has 0 aliphatic rings. The van der Waals surface area contributed by atoms with Crippen LogP contribution < -0.4 is 5.32 Å². The highest BCUT2D eigenvalue weighted by atomic mass is 35.5. The Hall–Kier alpha value is -0.890. The van der Waals surface area contributed by atoms with Crippen molar-refractivity contribution in [3.63, 3.8) is 0 Å². The lowest BCUT2D eigenvalue weighted by atomic mass is 10.3. The molecule has 0 aliphatic heterocycles. The summed E-state index contributed by atoms with van der Waals surface area (Å²) in [6.07, 6.45) is 1.35. The lowest BCUT2D eigenvalue weighted by Gasteiger charge is -2.01. The molecule has 19 heavy (non-hydrogen) atoms. The highest BCUT2D eigenvalue weighted by Gasteiger charge is 2.12. The van der Waals surface area contributed by atoms with Crippen molar-refractivity contribution >= 4 is 57.3 Å². The minimum atomic E-state index is -0.352. The third-order valence-corrected chi connectivity index (χ3v) is 4.49. The van der Waals surface area contributed by atoms with Gasteiger partial charge in [0.2, 0.25) is 5.13 Å². The van der Waals surface area contributed by atoms with E-state index in [4.69, 9.17) is 23.2 Å². The molecule has 9 heteroatoms. The van der Waals surface area contributed by atoms with Crippen molar-refractivity contribution in [1.29, 1.82) is 0 Å². The molecule has 0 aromatic carbocycles. The summed E-state index contributed by atoms with van der Waals surface area (Å²) in [4.78, 5) is 15.7. The zero-order chi connectivity index (χ0) is 13.8. The van der Waals surface area contributed by atoms with Gasteiger partial charge in [-0.1, -0.05) is 53.2 Å². The number of hydrogen-bond acceptors (Lipinski definition) is 6. The SMILES string of the molecule is CCSc1nnc(NC(=O)c2cnc(Cl)c(Cl)c2)s1. The topological polar surface area (TPSA) is 67.8 Å². The predicted octanol–water partition coefficient (Wildman–Crippen LogP) is 3.60. The van der Waals surface area contributed by atoms with Crippen LogP contribution in [0.25, 0.3) is 0 Å². The van der Waals surface area contributed by atoms with Gasteiger partial charge in [0.25, 0.3) is 5.91 Å². The number of nitrogens with zero attached hydrogens (tertiary/aromatic N) is 3. The van der Waals surface area contributed by atoms with Gasteiger partial charge >= 0.3 is 0 Å². The van der Waals surface area contributed by atoms with Gasteiger partial charge in [0, 0.05) is 6.20 Å². The number of aromatic nitrogens is 3. The Morgan fingerprint density at radius 3 is 2.95 bits per heavy atom. The van der Waals surface area contributed by atoms with E-state index >= 15 is 0 Å². The molecule has 0 aliphatic carbocycles. The van der Waals surface area contributed by atoms with E-state index in [0.29, 0.717) is 10.7 Å². The van der Waals surface area contributed by atoms with E-state index in [2.05, 4.69) is 20.5 Å². The Morgan fingerprint density at radius 1 is 1.47 bits per heavy atom. The first-order valence-corrected chi connectivity index (χ1v) is 7.74. The summed E-state index contributed by atoms with van der Waals surface area (Å²) in [7, 11) is 0. The molecule has 1 N–H and O–H groups in total. The summed E-state index contributed by atoms with van der Waals surface area (Å²) in [5, 5.41) is 11.3. The fourth-order valence-corrected chi connectivity index (χ4v) is 3.07. The Labute approximate surface area is 127 Å². The monoisotopic (exact) mass is 334 g/mol. The standard InChI is InChI=1S/C10H8Cl2N4OS2/c1-2-18-10-16-15-9(19-10)14-8(17)5-3-6(11)7(12)13-4-5/h3-4H,2H2,1H3,(H,14,15,17). The smallest absolute Gasteiger partial charge is 0.259 e. The second-order valence-corrected chi connectivity index (χ2v) is 6.51. The van der Waals surface area contributed by atoms with E-state index in [1.165, 1.54) is 23.6 Å². The number of carbonyl (C=O) groups excluding carboxylic acids is 1. The lowest BCUT2D eigenvalue weighted by molar-refractivity contribution is 0.102. The fourth-order valence-electron chi connectivity index (χ4n) is 1.16. The average molecular weight is 335 g/mol. The second kappa shape index (κ2) is 6.51. The van der Waals surface area contributed by atoms with Gasteiger partial charge in [-0.3, -0.25) is 10.1 Å². The molecular formula is C10H8Cl2N4OS2. The number of nitrogens with one attached hydrogen (secondary N) is 1. The van der Waals surface area contributed by atoms with Crippen molar-refractivity contribution in [2.45, 2.75) is 11.3 Å². The maximum atomic E-state index is 11.9. The van der Waals surface area contributed by atoms with Crippen molar-refractivity contribution in [2.24, 2.45) is 0 Å². The minimum Gasteiger partial charge on any atom is -0.296 e. The van der Waals surface area contributed by atoms with E-state index in [-0.39, 0.29) is 16.1 Å². The Balaban J connectivity index is 2.09. The van der Waals surface area contributed by atoms with Crippen LogP contribution in [0.15, 0.2) is 16.6 Å². The summed E-state index contributed by atoms with van der Waals surface area (Å²) >= 11 is 14.4. The Kier molecular flexibility index (Phi) is 4.98. The van der Waals surface area contributed by atoms with E-state index in [1.54, 1.807) is 11.8 Å². The first kappa shape index (κ1) is 14.5. The van der Waals surface area contributed by atoms with Crippen molar-refractivity contribution in [3.8, 4) is 0 Å². The predicted molar refractivity (Wildman–Crippen MR) is 78.5 cm³/mol. The molecule has 0 saturated carbocycles. The third kappa shape index (κ3) is 3.79. The number of pyridine rings is 1. The van der Waals surface area contributed by atoms with Gasteiger partial charge in [0.1, 0.15) is 5.15 Å². The van der Waals surface area contributed by atoms with E-state index < -0.39 is 0 Å². The maximum absolute atomic E-state index is 11.9. The van der Waals surface area contributed by atoms with Crippen LogP contribution in [0.5, 0.6) is 0 Å². The Bertz CT molecular complexity index is 605. The molecule has 0 spiro atoms. The molecular weight excluding hydrogens is 327 g/mol. The Morgan fingerprint density at radius 2 is 2.26 bits per heavy atom. The second-order valence-electron chi connectivity index (χ2n) is 3.26. The fraction of sp³-hybridized carbons (Fsp3) is 0.200. The van der Waals surface area contributed by atoms with Gasteiger partial charge in [0.15, 0.2) is 4.34 Å². The molecule has 2 aromatic rings. The number of anilines is 1. The zero-order valence-corrected chi connectivity index (χ0v) is 12.8. The molecule has 100 valence electrons. The van der Waals surface area contributed by atoms with E-state index in [0.717, 1.165) is 10.1 Å². The molecule has 1 amide bonds. The molecule has 2 rings (SSSR count). The normalized spacial score (nSPS) is 10.5. The van der Waals surface area contributed by atoms with Crippen LogP contribution in [0.3, 0.4) is 0 Å². The molecule has 0 fully saturated rings. The summed E-state index contributed by atoms with van der Waals surface area (Å²) in [5.74, 6) is 0.550. The summed E-state index contributed by atoms with van der Waals surface area (Å²) in [6, 6.07) is 1.45. The van der Waals surface area contributed by atoms with E-state index in [9.17, 15) is 4.79 Å². The first-order valence-electron chi connectivity index (χ1n) is 5.19. The molecule has 5 nitrogen and oxygen atoms in total. The molecule has 0 radical (unpaired) electrons. The van der Waals surface area contributed by atoms with Crippen LogP contribution in [0.2, 0.25) is 10.2 Å². The van der Waals surface area contributed by atoms with Crippen molar-refractivity contribution < 1.29 is 4.79 Å². The highest BCUT2D eigenvalue weighted by molar-refractivity contribution is 8.01. The number of rotatable bonds is 4. The molecule has 0 atom stereocenters. The quantitative estimate of drug-likeness (QED) is 0.525. The van der Waals surface area contributed by atoms with Gasteiger partial charge in [-0.05, 0) is 11.8 Å². The van der Waals surface area contributed by atoms with Gasteiger partial charge in [-0.2, -0.15) is 0 Å². The van der Waals surface area contributed by atoms with Gasteiger partial charge in [0.05, 0.1) is 10.6 Å². The highest BCUT2D eigenvalue weighted by Crippen LogP contribution is 2.26. The number of halogens is 2. The summed E-state index contributed by atoms with van der Waals surface area (Å²) < 4.78 is 0.810. The number of amides is 1. The van der Waals surface area contributed by atoms with Gasteiger partial charge < -0.3 is 0 Å². The van der Waals surface area contributed by atoms with E-state index in [1.807, 2.05) is 6.92 Å². The van der Waals surface area contributed by atoms with Crippen LogP contribution >= 0.6 is 46.3 Å². The number of thioether (sulfide) groups is 1. The molecule has 0 unspecified atom stereocenters. The van der Waals surface area contributed by atoms with Crippen molar-refractivity contribution in [3.05, 3.63) is 28.0 Å². The lowest BCUT2D eigenvalue weighted by Crippen LogP contribution is -2.12. The third-order valence-electron chi connectivity index (χ3n) is 1.95. The zero-order valence-electron chi connectivity index (χ0n) is 9.68. The molecule has 0 saturated heterocycles. The van der Waals surface area contributed by atoms with Crippen LogP contribution in [0.1, 0.15) is 17.3 Å². The molecule has 2 heterocycles. The first-order chi connectivity index (χ1) is 9.10.